The molecule has 2 saturated carbocycles. The molecule has 20 heavy (non-hydrogen) atoms. The molecule has 1 aromatic carbocycles. The van der Waals surface area contributed by atoms with Gasteiger partial charge >= 0.3 is 0 Å². The number of carbonyl (C=O) groups excluding carboxylic acids is 1. The van der Waals surface area contributed by atoms with Crippen LogP contribution in [0.1, 0.15) is 42.7 Å². The van der Waals surface area contributed by atoms with Crippen LogP contribution in [0.15, 0.2) is 24.3 Å². The van der Waals surface area contributed by atoms with Gasteiger partial charge in [0.1, 0.15) is 0 Å². The van der Waals surface area contributed by atoms with Crippen LogP contribution in [-0.2, 0) is 4.79 Å². The maximum atomic E-state index is 11.5. The number of benzene rings is 1. The smallest absolute Gasteiger partial charge is 0.223 e. The standard InChI is InChI=1S/C17H24N2O/c1-12-4-2-3-5-16(12)14-10-15(11-14)18-8-9-19-17(20)13-6-7-13/h2-5,13-15,18H,6-11H2,1H3,(H,19,20). The first kappa shape index (κ1) is 13.6. The van der Waals surface area contributed by atoms with Crippen molar-refractivity contribution in [1.82, 2.24) is 10.6 Å². The summed E-state index contributed by atoms with van der Waals surface area (Å²) in [5.74, 6) is 1.29. The molecule has 0 bridgehead atoms. The largest absolute Gasteiger partial charge is 0.355 e. The van der Waals surface area contributed by atoms with Gasteiger partial charge in [-0.2, -0.15) is 0 Å². The van der Waals surface area contributed by atoms with Gasteiger partial charge in [-0.3, -0.25) is 4.79 Å². The van der Waals surface area contributed by atoms with Gasteiger partial charge in [0.25, 0.3) is 0 Å². The second-order valence-electron chi connectivity index (χ2n) is 6.24. The van der Waals surface area contributed by atoms with Gasteiger partial charge in [-0.1, -0.05) is 24.3 Å². The molecule has 1 aromatic rings. The van der Waals surface area contributed by atoms with Gasteiger partial charge in [-0.25, -0.2) is 0 Å². The van der Waals surface area contributed by atoms with Crippen LogP contribution in [0.2, 0.25) is 0 Å². The molecule has 0 radical (unpaired) electrons. The lowest BCUT2D eigenvalue weighted by Crippen LogP contribution is -2.43. The first-order valence-electron chi connectivity index (χ1n) is 7.80. The number of hydrogen-bond acceptors (Lipinski definition) is 2. The molecule has 2 N–H and O–H groups in total. The predicted octanol–water partition coefficient (Wildman–Crippen LogP) is 2.36. The Hall–Kier alpha value is -1.35. The fourth-order valence-corrected chi connectivity index (χ4v) is 3.04. The van der Waals surface area contributed by atoms with Crippen molar-refractivity contribution in [3.8, 4) is 0 Å². The molecule has 0 heterocycles. The Balaban J connectivity index is 1.32. The van der Waals surface area contributed by atoms with Crippen LogP contribution in [0.4, 0.5) is 0 Å². The fraction of sp³-hybridized carbons (Fsp3) is 0.588. The van der Waals surface area contributed by atoms with E-state index in [1.165, 1.54) is 24.0 Å². The summed E-state index contributed by atoms with van der Waals surface area (Å²) in [7, 11) is 0. The van der Waals surface area contributed by atoms with Crippen molar-refractivity contribution in [2.75, 3.05) is 13.1 Å². The zero-order valence-corrected chi connectivity index (χ0v) is 12.2. The summed E-state index contributed by atoms with van der Waals surface area (Å²) in [6.07, 6.45) is 4.61. The third-order valence-corrected chi connectivity index (χ3v) is 4.57. The molecular formula is C17H24N2O. The Morgan fingerprint density at radius 3 is 2.65 bits per heavy atom. The molecule has 108 valence electrons. The Morgan fingerprint density at radius 1 is 1.20 bits per heavy atom. The van der Waals surface area contributed by atoms with E-state index in [0.29, 0.717) is 12.0 Å². The highest BCUT2D eigenvalue weighted by atomic mass is 16.2. The predicted molar refractivity (Wildman–Crippen MR) is 80.7 cm³/mol. The van der Waals surface area contributed by atoms with Crippen LogP contribution in [0.3, 0.4) is 0 Å². The van der Waals surface area contributed by atoms with Gasteiger partial charge in [0, 0.05) is 25.0 Å². The number of carbonyl (C=O) groups is 1. The van der Waals surface area contributed by atoms with Crippen LogP contribution in [0.5, 0.6) is 0 Å². The average Bonchev–Trinajstić information content (AvgIpc) is 3.22. The van der Waals surface area contributed by atoms with Crippen LogP contribution in [-0.4, -0.2) is 25.0 Å². The first-order valence-corrected chi connectivity index (χ1v) is 7.80. The Kier molecular flexibility index (Phi) is 4.06. The van der Waals surface area contributed by atoms with Crippen LogP contribution in [0, 0.1) is 12.8 Å². The Bertz CT molecular complexity index is 476. The monoisotopic (exact) mass is 272 g/mol. The van der Waals surface area contributed by atoms with E-state index in [2.05, 4.69) is 41.8 Å². The second kappa shape index (κ2) is 5.96. The average molecular weight is 272 g/mol. The van der Waals surface area contributed by atoms with E-state index in [0.717, 1.165) is 31.8 Å². The number of aryl methyl sites for hydroxylation is 1. The van der Waals surface area contributed by atoms with Crippen molar-refractivity contribution in [2.45, 2.75) is 44.6 Å². The minimum Gasteiger partial charge on any atom is -0.355 e. The number of amides is 1. The van der Waals surface area contributed by atoms with Crippen LogP contribution >= 0.6 is 0 Å². The molecule has 2 fully saturated rings. The van der Waals surface area contributed by atoms with Crippen molar-refractivity contribution in [2.24, 2.45) is 5.92 Å². The highest BCUT2D eigenvalue weighted by Crippen LogP contribution is 2.38. The molecule has 3 heteroatoms. The SMILES string of the molecule is Cc1ccccc1C1CC(NCCNC(=O)C2CC2)C1. The molecule has 0 saturated heterocycles. The lowest BCUT2D eigenvalue weighted by atomic mass is 9.74. The molecule has 0 atom stereocenters. The Morgan fingerprint density at radius 2 is 1.95 bits per heavy atom. The number of nitrogens with one attached hydrogen (secondary N) is 2. The van der Waals surface area contributed by atoms with Crippen LogP contribution < -0.4 is 10.6 Å². The molecule has 2 aliphatic carbocycles. The summed E-state index contributed by atoms with van der Waals surface area (Å²) < 4.78 is 0. The summed E-state index contributed by atoms with van der Waals surface area (Å²) >= 11 is 0. The summed E-state index contributed by atoms with van der Waals surface area (Å²) in [5, 5.41) is 6.54. The van der Waals surface area contributed by atoms with Crippen molar-refractivity contribution >= 4 is 5.91 Å². The summed E-state index contributed by atoms with van der Waals surface area (Å²) in [6.45, 7) is 3.86. The highest BCUT2D eigenvalue weighted by Gasteiger charge is 2.31. The zero-order valence-electron chi connectivity index (χ0n) is 12.2. The van der Waals surface area contributed by atoms with Crippen LogP contribution in [0.25, 0.3) is 0 Å². The maximum Gasteiger partial charge on any atom is 0.223 e. The van der Waals surface area contributed by atoms with E-state index < -0.39 is 0 Å². The van der Waals surface area contributed by atoms with Gasteiger partial charge < -0.3 is 10.6 Å². The van der Waals surface area contributed by atoms with Crippen molar-refractivity contribution in [3.05, 3.63) is 35.4 Å². The molecule has 0 spiro atoms. The number of rotatable bonds is 6. The van der Waals surface area contributed by atoms with E-state index in [4.69, 9.17) is 0 Å². The van der Waals surface area contributed by atoms with E-state index >= 15 is 0 Å². The first-order chi connectivity index (χ1) is 9.74. The Labute approximate surface area is 121 Å². The quantitative estimate of drug-likeness (QED) is 0.781. The normalized spacial score (nSPS) is 25.1. The van der Waals surface area contributed by atoms with Crippen molar-refractivity contribution in [1.29, 1.82) is 0 Å². The molecule has 1 amide bonds. The summed E-state index contributed by atoms with van der Waals surface area (Å²) in [4.78, 5) is 11.5. The molecule has 0 unspecified atom stereocenters. The molecular weight excluding hydrogens is 248 g/mol. The van der Waals surface area contributed by atoms with E-state index in [9.17, 15) is 4.79 Å². The lowest BCUT2D eigenvalue weighted by molar-refractivity contribution is -0.122. The zero-order chi connectivity index (χ0) is 13.9. The van der Waals surface area contributed by atoms with E-state index in [-0.39, 0.29) is 5.91 Å². The molecule has 2 aliphatic rings. The summed E-state index contributed by atoms with van der Waals surface area (Å²) in [6, 6.07) is 9.32. The fourth-order valence-electron chi connectivity index (χ4n) is 3.04. The molecule has 0 aromatic heterocycles. The lowest BCUT2D eigenvalue weighted by Gasteiger charge is -2.37. The second-order valence-corrected chi connectivity index (χ2v) is 6.24. The van der Waals surface area contributed by atoms with Gasteiger partial charge in [0.05, 0.1) is 0 Å². The van der Waals surface area contributed by atoms with E-state index in [1.807, 2.05) is 0 Å². The number of hydrogen-bond donors (Lipinski definition) is 2. The molecule has 3 nitrogen and oxygen atoms in total. The van der Waals surface area contributed by atoms with Gasteiger partial charge in [0.2, 0.25) is 5.91 Å². The molecule has 0 aliphatic heterocycles. The molecule has 3 rings (SSSR count). The minimum atomic E-state index is 0.248. The summed E-state index contributed by atoms with van der Waals surface area (Å²) in [5.41, 5.74) is 2.92. The highest BCUT2D eigenvalue weighted by molar-refractivity contribution is 5.80. The van der Waals surface area contributed by atoms with Gasteiger partial charge in [-0.05, 0) is 49.7 Å². The van der Waals surface area contributed by atoms with Gasteiger partial charge in [-0.15, -0.1) is 0 Å². The van der Waals surface area contributed by atoms with Crippen molar-refractivity contribution in [3.63, 3.8) is 0 Å². The maximum absolute atomic E-state index is 11.5. The third-order valence-electron chi connectivity index (χ3n) is 4.57. The van der Waals surface area contributed by atoms with Crippen molar-refractivity contribution < 1.29 is 4.79 Å². The van der Waals surface area contributed by atoms with Gasteiger partial charge in [0.15, 0.2) is 0 Å². The topological polar surface area (TPSA) is 41.1 Å². The third kappa shape index (κ3) is 3.21. The van der Waals surface area contributed by atoms with E-state index in [1.54, 1.807) is 0 Å². The minimum absolute atomic E-state index is 0.248.